The van der Waals surface area contributed by atoms with E-state index in [9.17, 15) is 9.18 Å². The molecule has 0 bridgehead atoms. The van der Waals surface area contributed by atoms with Crippen LogP contribution in [-0.4, -0.2) is 11.9 Å². The summed E-state index contributed by atoms with van der Waals surface area (Å²) in [7, 11) is 0. The summed E-state index contributed by atoms with van der Waals surface area (Å²) < 4.78 is 13.3. The zero-order chi connectivity index (χ0) is 11.5. The van der Waals surface area contributed by atoms with Crippen LogP contribution in [-0.2, 0) is 10.2 Å². The van der Waals surface area contributed by atoms with Crippen molar-refractivity contribution in [3.05, 3.63) is 29.6 Å². The van der Waals surface area contributed by atoms with Crippen LogP contribution in [0.1, 0.15) is 32.3 Å². The molecule has 2 aliphatic rings. The second-order valence-corrected chi connectivity index (χ2v) is 5.01. The van der Waals surface area contributed by atoms with Crippen LogP contribution in [0.3, 0.4) is 0 Å². The topological polar surface area (TPSA) is 20.3 Å². The third kappa shape index (κ3) is 1.03. The Hall–Kier alpha value is -1.38. The quantitative estimate of drug-likeness (QED) is 0.711. The average molecular weight is 219 g/mol. The molecular formula is C13H14FNO. The van der Waals surface area contributed by atoms with E-state index in [1.165, 1.54) is 12.1 Å². The summed E-state index contributed by atoms with van der Waals surface area (Å²) in [4.78, 5) is 14.0. The van der Waals surface area contributed by atoms with E-state index in [0.29, 0.717) is 0 Å². The first-order valence-electron chi connectivity index (χ1n) is 5.70. The number of hydrogen-bond donors (Lipinski definition) is 0. The summed E-state index contributed by atoms with van der Waals surface area (Å²) in [6.45, 7) is 3.93. The van der Waals surface area contributed by atoms with Gasteiger partial charge in [0.2, 0.25) is 5.91 Å². The van der Waals surface area contributed by atoms with Crippen molar-refractivity contribution in [3.8, 4) is 0 Å². The van der Waals surface area contributed by atoms with E-state index in [2.05, 4.69) is 0 Å². The Morgan fingerprint density at radius 1 is 1.38 bits per heavy atom. The molecule has 2 nitrogen and oxygen atoms in total. The van der Waals surface area contributed by atoms with Crippen molar-refractivity contribution in [1.29, 1.82) is 0 Å². The summed E-state index contributed by atoms with van der Waals surface area (Å²) in [6, 6.07) is 4.81. The first-order valence-corrected chi connectivity index (χ1v) is 5.70. The molecule has 1 spiro atoms. The third-order valence-corrected chi connectivity index (χ3v) is 3.63. The molecule has 0 radical (unpaired) electrons. The van der Waals surface area contributed by atoms with Gasteiger partial charge in [0.25, 0.3) is 0 Å². The van der Waals surface area contributed by atoms with E-state index >= 15 is 0 Å². The molecule has 0 aromatic heterocycles. The fourth-order valence-electron chi connectivity index (χ4n) is 2.68. The first kappa shape index (κ1) is 9.82. The highest BCUT2D eigenvalue weighted by molar-refractivity contribution is 6.10. The number of fused-ring (bicyclic) bond motifs is 2. The molecule has 0 atom stereocenters. The zero-order valence-electron chi connectivity index (χ0n) is 9.46. The van der Waals surface area contributed by atoms with E-state index in [-0.39, 0.29) is 23.2 Å². The predicted octanol–water partition coefficient (Wildman–Crippen LogP) is 2.61. The number of hydrogen-bond acceptors (Lipinski definition) is 1. The molecule has 1 saturated carbocycles. The molecule has 1 aliphatic carbocycles. The van der Waals surface area contributed by atoms with Gasteiger partial charge in [0.1, 0.15) is 5.82 Å². The number of amides is 1. The van der Waals surface area contributed by atoms with Crippen molar-refractivity contribution in [1.82, 2.24) is 0 Å². The van der Waals surface area contributed by atoms with Gasteiger partial charge in [-0.3, -0.25) is 4.79 Å². The van der Waals surface area contributed by atoms with E-state index in [0.717, 1.165) is 24.1 Å². The van der Waals surface area contributed by atoms with Gasteiger partial charge in [0, 0.05) is 6.04 Å². The molecule has 1 aromatic carbocycles. The van der Waals surface area contributed by atoms with Crippen molar-refractivity contribution >= 4 is 11.6 Å². The first-order chi connectivity index (χ1) is 7.56. The van der Waals surface area contributed by atoms with E-state index in [1.54, 1.807) is 11.0 Å². The minimum absolute atomic E-state index is 0.0908. The minimum Gasteiger partial charge on any atom is -0.309 e. The Morgan fingerprint density at radius 3 is 2.62 bits per heavy atom. The second-order valence-electron chi connectivity index (χ2n) is 5.01. The maximum absolute atomic E-state index is 13.3. The van der Waals surface area contributed by atoms with Crippen molar-refractivity contribution in [2.75, 3.05) is 4.90 Å². The fraction of sp³-hybridized carbons (Fsp3) is 0.462. The van der Waals surface area contributed by atoms with Crippen LogP contribution in [0.15, 0.2) is 18.2 Å². The minimum atomic E-state index is -0.298. The van der Waals surface area contributed by atoms with Crippen LogP contribution in [0.25, 0.3) is 0 Å². The van der Waals surface area contributed by atoms with Gasteiger partial charge in [0.05, 0.1) is 11.1 Å². The van der Waals surface area contributed by atoms with Gasteiger partial charge in [-0.25, -0.2) is 4.39 Å². The molecule has 3 rings (SSSR count). The lowest BCUT2D eigenvalue weighted by molar-refractivity contribution is -0.120. The number of carbonyl (C=O) groups excluding carboxylic acids is 1. The molecule has 1 amide bonds. The summed E-state index contributed by atoms with van der Waals surface area (Å²) in [5.74, 6) is -0.113. The Kier molecular flexibility index (Phi) is 1.74. The smallest absolute Gasteiger partial charge is 0.237 e. The summed E-state index contributed by atoms with van der Waals surface area (Å²) in [5, 5.41) is 0. The van der Waals surface area contributed by atoms with Gasteiger partial charge in [-0.2, -0.15) is 0 Å². The Bertz CT molecular complexity index is 477. The normalized spacial score (nSPS) is 20.8. The van der Waals surface area contributed by atoms with Gasteiger partial charge < -0.3 is 4.90 Å². The van der Waals surface area contributed by atoms with Gasteiger partial charge in [-0.05, 0) is 44.4 Å². The molecule has 0 N–H and O–H groups in total. The number of carbonyl (C=O) groups is 1. The maximum Gasteiger partial charge on any atom is 0.237 e. The van der Waals surface area contributed by atoms with Gasteiger partial charge in [-0.15, -0.1) is 0 Å². The van der Waals surface area contributed by atoms with Crippen molar-refractivity contribution < 1.29 is 9.18 Å². The summed E-state index contributed by atoms with van der Waals surface area (Å²) in [6.07, 6.45) is 1.82. The third-order valence-electron chi connectivity index (χ3n) is 3.63. The van der Waals surface area contributed by atoms with Crippen molar-refractivity contribution in [2.45, 2.75) is 38.1 Å². The van der Waals surface area contributed by atoms with Crippen LogP contribution in [0.4, 0.5) is 10.1 Å². The monoisotopic (exact) mass is 219 g/mol. The molecular weight excluding hydrogens is 205 g/mol. The maximum atomic E-state index is 13.3. The molecule has 1 aliphatic heterocycles. The molecule has 3 heteroatoms. The lowest BCUT2D eigenvalue weighted by Gasteiger charge is -2.22. The highest BCUT2D eigenvalue weighted by Crippen LogP contribution is 2.57. The van der Waals surface area contributed by atoms with Gasteiger partial charge >= 0.3 is 0 Å². The van der Waals surface area contributed by atoms with Crippen LogP contribution >= 0.6 is 0 Å². The molecule has 1 heterocycles. The Labute approximate surface area is 94.1 Å². The van der Waals surface area contributed by atoms with Crippen LogP contribution in [0.2, 0.25) is 0 Å². The fourth-order valence-corrected chi connectivity index (χ4v) is 2.68. The molecule has 84 valence electrons. The van der Waals surface area contributed by atoms with Gasteiger partial charge in [0.15, 0.2) is 0 Å². The average Bonchev–Trinajstić information content (AvgIpc) is 2.94. The molecule has 0 unspecified atom stereocenters. The van der Waals surface area contributed by atoms with E-state index < -0.39 is 0 Å². The SMILES string of the molecule is CC(C)N1C(=O)C2(CC2)c2ccc(F)cc21. The molecule has 1 fully saturated rings. The summed E-state index contributed by atoms with van der Waals surface area (Å²) >= 11 is 0. The lowest BCUT2D eigenvalue weighted by Crippen LogP contribution is -2.37. The van der Waals surface area contributed by atoms with E-state index in [4.69, 9.17) is 0 Å². The molecule has 0 saturated heterocycles. The standard InChI is InChI=1S/C13H14FNO/c1-8(2)15-11-7-9(14)3-4-10(11)13(5-6-13)12(15)16/h3-4,7-8H,5-6H2,1-2H3. The van der Waals surface area contributed by atoms with Gasteiger partial charge in [-0.1, -0.05) is 6.07 Å². The second kappa shape index (κ2) is 2.84. The number of halogens is 1. The highest BCUT2D eigenvalue weighted by Gasteiger charge is 2.59. The van der Waals surface area contributed by atoms with Crippen LogP contribution < -0.4 is 4.90 Å². The zero-order valence-corrected chi connectivity index (χ0v) is 9.46. The number of benzene rings is 1. The molecule has 1 aromatic rings. The Balaban J connectivity index is 2.21. The summed E-state index contributed by atoms with van der Waals surface area (Å²) in [5.41, 5.74) is 1.50. The van der Waals surface area contributed by atoms with Crippen LogP contribution in [0.5, 0.6) is 0 Å². The van der Waals surface area contributed by atoms with Crippen molar-refractivity contribution in [2.24, 2.45) is 0 Å². The highest BCUT2D eigenvalue weighted by atomic mass is 19.1. The predicted molar refractivity (Wildman–Crippen MR) is 59.9 cm³/mol. The largest absolute Gasteiger partial charge is 0.309 e. The Morgan fingerprint density at radius 2 is 2.06 bits per heavy atom. The lowest BCUT2D eigenvalue weighted by atomic mass is 9.98. The van der Waals surface area contributed by atoms with Crippen LogP contribution in [0, 0.1) is 5.82 Å². The molecule has 16 heavy (non-hydrogen) atoms. The number of anilines is 1. The van der Waals surface area contributed by atoms with E-state index in [1.807, 2.05) is 13.8 Å². The van der Waals surface area contributed by atoms with Crippen molar-refractivity contribution in [3.63, 3.8) is 0 Å². The number of nitrogens with zero attached hydrogens (tertiary/aromatic N) is 1. The number of rotatable bonds is 1.